The third kappa shape index (κ3) is 3.67. The van der Waals surface area contributed by atoms with Gasteiger partial charge in [0.05, 0.1) is 18.7 Å². The highest BCUT2D eigenvalue weighted by atomic mass is 35.5. The number of anilines is 1. The first-order valence-corrected chi connectivity index (χ1v) is 6.89. The summed E-state index contributed by atoms with van der Waals surface area (Å²) in [6, 6.07) is 12.2. The van der Waals surface area contributed by atoms with Crippen LogP contribution in [-0.4, -0.2) is 13.0 Å². The van der Waals surface area contributed by atoms with Crippen LogP contribution in [0.25, 0.3) is 0 Å². The Bertz CT molecular complexity index is 641. The standard InChI is InChI=1S/C16H17ClN2O2/c1-10(11-3-5-12(17)6-4-11)19-16(20)14-8-7-13(21-2)9-15(14)18/h3-10H,18H2,1-2H3,(H,19,20)/t10-/m1/s1. The molecule has 0 spiro atoms. The molecule has 0 bridgehead atoms. The first kappa shape index (κ1) is 15.2. The van der Waals surface area contributed by atoms with E-state index in [0.29, 0.717) is 22.0 Å². The predicted molar refractivity (Wildman–Crippen MR) is 84.7 cm³/mol. The largest absolute Gasteiger partial charge is 0.497 e. The Morgan fingerprint density at radius 1 is 1.24 bits per heavy atom. The van der Waals surface area contributed by atoms with Crippen molar-refractivity contribution in [1.82, 2.24) is 5.32 Å². The summed E-state index contributed by atoms with van der Waals surface area (Å²) >= 11 is 5.85. The van der Waals surface area contributed by atoms with Gasteiger partial charge in [0.2, 0.25) is 0 Å². The highest BCUT2D eigenvalue weighted by molar-refractivity contribution is 6.30. The molecule has 0 saturated heterocycles. The molecule has 0 aliphatic rings. The number of hydrogen-bond acceptors (Lipinski definition) is 3. The number of methoxy groups -OCH3 is 1. The molecule has 1 atom stereocenters. The molecule has 0 aromatic heterocycles. The molecule has 110 valence electrons. The van der Waals surface area contributed by atoms with Crippen LogP contribution in [0.1, 0.15) is 28.9 Å². The Labute approximate surface area is 128 Å². The fourth-order valence-corrected chi connectivity index (χ4v) is 2.11. The van der Waals surface area contributed by atoms with Crippen LogP contribution in [0.3, 0.4) is 0 Å². The van der Waals surface area contributed by atoms with Crippen LogP contribution < -0.4 is 15.8 Å². The van der Waals surface area contributed by atoms with Crippen LogP contribution in [0.5, 0.6) is 5.75 Å². The van der Waals surface area contributed by atoms with E-state index in [4.69, 9.17) is 22.1 Å². The van der Waals surface area contributed by atoms with E-state index in [1.807, 2.05) is 19.1 Å². The van der Waals surface area contributed by atoms with Crippen molar-refractivity contribution < 1.29 is 9.53 Å². The second-order valence-electron chi connectivity index (χ2n) is 4.70. The molecule has 2 aromatic rings. The van der Waals surface area contributed by atoms with Gasteiger partial charge in [0.25, 0.3) is 5.91 Å². The van der Waals surface area contributed by atoms with E-state index >= 15 is 0 Å². The first-order valence-electron chi connectivity index (χ1n) is 6.51. The van der Waals surface area contributed by atoms with Gasteiger partial charge in [0.15, 0.2) is 0 Å². The monoisotopic (exact) mass is 304 g/mol. The molecule has 0 aliphatic carbocycles. The number of halogens is 1. The molecule has 5 heteroatoms. The van der Waals surface area contributed by atoms with E-state index in [-0.39, 0.29) is 11.9 Å². The van der Waals surface area contributed by atoms with Gasteiger partial charge in [-0.15, -0.1) is 0 Å². The molecule has 0 fully saturated rings. The number of amides is 1. The second-order valence-corrected chi connectivity index (χ2v) is 5.14. The molecule has 0 radical (unpaired) electrons. The fraction of sp³-hybridized carbons (Fsp3) is 0.188. The summed E-state index contributed by atoms with van der Waals surface area (Å²) in [4.78, 5) is 12.3. The lowest BCUT2D eigenvalue weighted by Crippen LogP contribution is -2.27. The van der Waals surface area contributed by atoms with Gasteiger partial charge in [0.1, 0.15) is 5.75 Å². The fourth-order valence-electron chi connectivity index (χ4n) is 1.98. The van der Waals surface area contributed by atoms with Gasteiger partial charge < -0.3 is 15.8 Å². The van der Waals surface area contributed by atoms with Gasteiger partial charge >= 0.3 is 0 Å². The van der Waals surface area contributed by atoms with Crippen molar-refractivity contribution in [2.24, 2.45) is 0 Å². The van der Waals surface area contributed by atoms with Gasteiger partial charge in [-0.05, 0) is 36.8 Å². The van der Waals surface area contributed by atoms with Crippen molar-refractivity contribution >= 4 is 23.2 Å². The summed E-state index contributed by atoms with van der Waals surface area (Å²) in [5.74, 6) is 0.396. The Morgan fingerprint density at radius 3 is 2.48 bits per heavy atom. The van der Waals surface area contributed by atoms with Crippen molar-refractivity contribution in [3.8, 4) is 5.75 Å². The summed E-state index contributed by atoms with van der Waals surface area (Å²) in [6.45, 7) is 1.90. The maximum atomic E-state index is 12.3. The molecule has 0 unspecified atom stereocenters. The number of nitrogens with two attached hydrogens (primary N) is 1. The van der Waals surface area contributed by atoms with Crippen molar-refractivity contribution in [3.63, 3.8) is 0 Å². The zero-order valence-corrected chi connectivity index (χ0v) is 12.6. The van der Waals surface area contributed by atoms with Crippen molar-refractivity contribution in [3.05, 3.63) is 58.6 Å². The lowest BCUT2D eigenvalue weighted by atomic mass is 10.1. The van der Waals surface area contributed by atoms with Crippen molar-refractivity contribution in [2.45, 2.75) is 13.0 Å². The number of nitrogens with one attached hydrogen (secondary N) is 1. The van der Waals surface area contributed by atoms with E-state index in [1.54, 1.807) is 37.4 Å². The third-order valence-corrected chi connectivity index (χ3v) is 3.47. The third-order valence-electron chi connectivity index (χ3n) is 3.22. The van der Waals surface area contributed by atoms with Crippen molar-refractivity contribution in [1.29, 1.82) is 0 Å². The molecule has 2 rings (SSSR count). The molecule has 0 saturated carbocycles. The van der Waals surface area contributed by atoms with E-state index in [1.165, 1.54) is 0 Å². The Morgan fingerprint density at radius 2 is 1.90 bits per heavy atom. The zero-order valence-electron chi connectivity index (χ0n) is 11.9. The summed E-state index contributed by atoms with van der Waals surface area (Å²) in [6.07, 6.45) is 0. The molecule has 4 nitrogen and oxygen atoms in total. The normalized spacial score (nSPS) is 11.8. The highest BCUT2D eigenvalue weighted by Gasteiger charge is 2.14. The minimum Gasteiger partial charge on any atom is -0.497 e. The molecule has 2 aromatic carbocycles. The number of carbonyl (C=O) groups is 1. The van der Waals surface area contributed by atoms with Crippen LogP contribution in [-0.2, 0) is 0 Å². The maximum absolute atomic E-state index is 12.3. The number of nitrogen functional groups attached to an aromatic ring is 1. The molecule has 0 aliphatic heterocycles. The van der Waals surface area contributed by atoms with E-state index < -0.39 is 0 Å². The minimum atomic E-state index is -0.224. The average Bonchev–Trinajstić information content (AvgIpc) is 2.47. The molecule has 0 heterocycles. The van der Waals surface area contributed by atoms with E-state index in [0.717, 1.165) is 5.56 Å². The second kappa shape index (κ2) is 6.50. The topological polar surface area (TPSA) is 64.3 Å². The van der Waals surface area contributed by atoms with E-state index in [9.17, 15) is 4.79 Å². The number of hydrogen-bond donors (Lipinski definition) is 2. The Balaban J connectivity index is 2.12. The quantitative estimate of drug-likeness (QED) is 0.851. The van der Waals surface area contributed by atoms with Crippen LogP contribution in [0.15, 0.2) is 42.5 Å². The number of benzene rings is 2. The van der Waals surface area contributed by atoms with Gasteiger partial charge in [-0.3, -0.25) is 4.79 Å². The summed E-state index contributed by atoms with van der Waals surface area (Å²) in [5.41, 5.74) is 7.66. The number of rotatable bonds is 4. The van der Waals surface area contributed by atoms with Crippen LogP contribution in [0, 0.1) is 0 Å². The SMILES string of the molecule is COc1ccc(C(=O)N[C@H](C)c2ccc(Cl)cc2)c(N)c1. The molecule has 1 amide bonds. The average molecular weight is 305 g/mol. The predicted octanol–water partition coefficient (Wildman–Crippen LogP) is 3.42. The minimum absolute atomic E-state index is 0.142. The van der Waals surface area contributed by atoms with Crippen molar-refractivity contribution in [2.75, 3.05) is 12.8 Å². The van der Waals surface area contributed by atoms with E-state index in [2.05, 4.69) is 5.32 Å². The Kier molecular flexibility index (Phi) is 4.70. The molecular weight excluding hydrogens is 288 g/mol. The van der Waals surface area contributed by atoms with Gasteiger partial charge in [-0.1, -0.05) is 23.7 Å². The van der Waals surface area contributed by atoms with Crippen LogP contribution >= 0.6 is 11.6 Å². The van der Waals surface area contributed by atoms with Crippen LogP contribution in [0.2, 0.25) is 5.02 Å². The summed E-state index contributed by atoms with van der Waals surface area (Å²) in [5, 5.41) is 3.57. The van der Waals surface area contributed by atoms with Crippen LogP contribution in [0.4, 0.5) is 5.69 Å². The lowest BCUT2D eigenvalue weighted by Gasteiger charge is -2.15. The summed E-state index contributed by atoms with van der Waals surface area (Å²) < 4.78 is 5.07. The van der Waals surface area contributed by atoms with Gasteiger partial charge in [-0.25, -0.2) is 0 Å². The molecular formula is C16H17ClN2O2. The zero-order chi connectivity index (χ0) is 15.4. The molecule has 21 heavy (non-hydrogen) atoms. The van der Waals surface area contributed by atoms with Gasteiger partial charge in [-0.2, -0.15) is 0 Å². The Hall–Kier alpha value is -2.20. The first-order chi connectivity index (χ1) is 10.0. The highest BCUT2D eigenvalue weighted by Crippen LogP contribution is 2.21. The summed E-state index contributed by atoms with van der Waals surface area (Å²) in [7, 11) is 1.55. The number of carbonyl (C=O) groups excluding carboxylic acids is 1. The lowest BCUT2D eigenvalue weighted by molar-refractivity contribution is 0.0941. The maximum Gasteiger partial charge on any atom is 0.253 e. The number of ether oxygens (including phenoxy) is 1. The molecule has 3 N–H and O–H groups in total. The smallest absolute Gasteiger partial charge is 0.253 e. The van der Waals surface area contributed by atoms with Gasteiger partial charge in [0, 0.05) is 16.8 Å².